The van der Waals surface area contributed by atoms with Gasteiger partial charge in [-0.1, -0.05) is 18.7 Å². The lowest BCUT2D eigenvalue weighted by atomic mass is 10.1. The van der Waals surface area contributed by atoms with Crippen molar-refractivity contribution in [3.05, 3.63) is 79.9 Å². The molecular weight excluding hydrogens is 405 g/mol. The van der Waals surface area contributed by atoms with Gasteiger partial charge in [0.05, 0.1) is 5.70 Å². The van der Waals surface area contributed by atoms with Gasteiger partial charge < -0.3 is 4.98 Å². The van der Waals surface area contributed by atoms with Gasteiger partial charge in [0.2, 0.25) is 5.95 Å². The monoisotopic (exact) mass is 422 g/mol. The first-order valence-corrected chi connectivity index (χ1v) is 9.30. The fourth-order valence-corrected chi connectivity index (χ4v) is 3.06. The molecule has 9 heteroatoms. The highest BCUT2D eigenvalue weighted by Gasteiger charge is 2.16. The van der Waals surface area contributed by atoms with Gasteiger partial charge in [-0.2, -0.15) is 4.39 Å². The van der Waals surface area contributed by atoms with Crippen molar-refractivity contribution in [1.82, 2.24) is 29.7 Å². The lowest BCUT2D eigenvalue weighted by Crippen LogP contribution is -2.00. The largest absolute Gasteiger partial charge is 0.345 e. The van der Waals surface area contributed by atoms with E-state index in [1.807, 2.05) is 6.07 Å². The van der Waals surface area contributed by atoms with Gasteiger partial charge in [0, 0.05) is 40.7 Å². The third kappa shape index (κ3) is 4.16. The van der Waals surface area contributed by atoms with Crippen molar-refractivity contribution in [3.63, 3.8) is 0 Å². The van der Waals surface area contributed by atoms with Gasteiger partial charge in [0.15, 0.2) is 5.82 Å². The summed E-state index contributed by atoms with van der Waals surface area (Å²) in [6, 6.07) is 4.74. The Bertz CT molecular complexity index is 1270. The summed E-state index contributed by atoms with van der Waals surface area (Å²) in [7, 11) is 0. The predicted molar refractivity (Wildman–Crippen MR) is 113 cm³/mol. The average molecular weight is 422 g/mol. The van der Waals surface area contributed by atoms with Crippen LogP contribution >= 0.6 is 0 Å². The molecule has 4 aromatic rings. The van der Waals surface area contributed by atoms with E-state index in [9.17, 15) is 13.2 Å². The molecule has 0 saturated carbocycles. The molecule has 0 amide bonds. The van der Waals surface area contributed by atoms with Crippen molar-refractivity contribution < 1.29 is 13.2 Å². The summed E-state index contributed by atoms with van der Waals surface area (Å²) in [4.78, 5) is 11.1. The first-order chi connectivity index (χ1) is 15.1. The molecule has 0 bridgehead atoms. The molecule has 156 valence electrons. The smallest absolute Gasteiger partial charge is 0.212 e. The Morgan fingerprint density at radius 3 is 2.81 bits per heavy atom. The standard InChI is InChI=1S/C22H17F3N6/c1-2-16(24)4-3-5-17(9-23)31-13-29-30-22(31)19-12-28-21-18(19)8-15(11-27-21)14-6-7-20(25)26-10-14/h2-8,10-13,16H,1,9H2,(H,27,28)/b4-3-,17-5+. The molecule has 6 nitrogen and oxygen atoms in total. The van der Waals surface area contributed by atoms with Crippen LogP contribution in [0.3, 0.4) is 0 Å². The average Bonchev–Trinajstić information content (AvgIpc) is 3.43. The summed E-state index contributed by atoms with van der Waals surface area (Å²) in [5.74, 6) is -0.180. The number of allylic oxidation sites excluding steroid dienone is 5. The van der Waals surface area contributed by atoms with Gasteiger partial charge in [-0.25, -0.2) is 18.7 Å². The number of hydrogen-bond acceptors (Lipinski definition) is 4. The lowest BCUT2D eigenvalue weighted by Gasteiger charge is -2.07. The number of pyridine rings is 2. The van der Waals surface area contributed by atoms with Crippen LogP contribution < -0.4 is 0 Å². The van der Waals surface area contributed by atoms with Crippen LogP contribution in [0.4, 0.5) is 13.2 Å². The first kappa shape index (κ1) is 20.3. The molecule has 0 spiro atoms. The quantitative estimate of drug-likeness (QED) is 0.261. The number of nitrogens with one attached hydrogen (secondary N) is 1. The molecule has 0 aliphatic carbocycles. The second-order valence-corrected chi connectivity index (χ2v) is 6.57. The van der Waals surface area contributed by atoms with E-state index in [-0.39, 0.29) is 5.70 Å². The van der Waals surface area contributed by atoms with E-state index in [0.717, 1.165) is 17.0 Å². The number of alkyl halides is 2. The lowest BCUT2D eigenvalue weighted by molar-refractivity contribution is 0.470. The number of aromatic nitrogens is 6. The topological polar surface area (TPSA) is 72.3 Å². The Morgan fingerprint density at radius 1 is 1.23 bits per heavy atom. The maximum atomic E-state index is 13.7. The molecule has 0 saturated heterocycles. The molecule has 0 aliphatic heterocycles. The summed E-state index contributed by atoms with van der Waals surface area (Å²) in [6.07, 6.45) is 10.1. The van der Waals surface area contributed by atoms with Gasteiger partial charge in [0.25, 0.3) is 0 Å². The number of hydrogen-bond donors (Lipinski definition) is 1. The van der Waals surface area contributed by atoms with Gasteiger partial charge in [-0.05, 0) is 30.4 Å². The maximum absolute atomic E-state index is 13.7. The van der Waals surface area contributed by atoms with Crippen molar-refractivity contribution in [2.45, 2.75) is 6.17 Å². The Hall–Kier alpha value is -4.01. The predicted octanol–water partition coefficient (Wildman–Crippen LogP) is 4.91. The van der Waals surface area contributed by atoms with Crippen molar-refractivity contribution in [1.29, 1.82) is 0 Å². The SMILES string of the molecule is C=CC(F)/C=C\C=C(/CF)n1cnnc1-c1c[nH]c2ncc(-c3ccc(F)nc3)cc12. The number of H-pyrrole nitrogens is 1. The number of rotatable bonds is 7. The fraction of sp³-hybridized carbons (Fsp3) is 0.0909. The normalized spacial score (nSPS) is 13.2. The van der Waals surface area contributed by atoms with Gasteiger partial charge in [0.1, 0.15) is 24.8 Å². The highest BCUT2D eigenvalue weighted by atomic mass is 19.1. The van der Waals surface area contributed by atoms with E-state index >= 15 is 0 Å². The summed E-state index contributed by atoms with van der Waals surface area (Å²) < 4.78 is 41.7. The Morgan fingerprint density at radius 2 is 2.06 bits per heavy atom. The van der Waals surface area contributed by atoms with E-state index in [1.165, 1.54) is 41.4 Å². The van der Waals surface area contributed by atoms with Crippen LogP contribution in [0.15, 0.2) is 74.0 Å². The minimum Gasteiger partial charge on any atom is -0.345 e. The summed E-state index contributed by atoms with van der Waals surface area (Å²) >= 11 is 0. The molecule has 1 unspecified atom stereocenters. The zero-order valence-corrected chi connectivity index (χ0v) is 16.2. The van der Waals surface area contributed by atoms with Crippen LogP contribution in [-0.2, 0) is 0 Å². The van der Waals surface area contributed by atoms with Crippen LogP contribution in [0.2, 0.25) is 0 Å². The van der Waals surface area contributed by atoms with Gasteiger partial charge >= 0.3 is 0 Å². The van der Waals surface area contributed by atoms with Crippen LogP contribution in [0.25, 0.3) is 39.2 Å². The summed E-state index contributed by atoms with van der Waals surface area (Å²) in [5.41, 5.74) is 2.90. The van der Waals surface area contributed by atoms with Crippen molar-refractivity contribution in [2.75, 3.05) is 6.67 Å². The van der Waals surface area contributed by atoms with Crippen LogP contribution in [0, 0.1) is 5.95 Å². The van der Waals surface area contributed by atoms with E-state index in [1.54, 1.807) is 18.5 Å². The zero-order valence-electron chi connectivity index (χ0n) is 16.2. The van der Waals surface area contributed by atoms with Gasteiger partial charge in [-0.3, -0.25) is 4.57 Å². The fourth-order valence-electron chi connectivity index (χ4n) is 3.06. The summed E-state index contributed by atoms with van der Waals surface area (Å²) in [6.45, 7) is 2.55. The highest BCUT2D eigenvalue weighted by molar-refractivity contribution is 5.94. The highest BCUT2D eigenvalue weighted by Crippen LogP contribution is 2.31. The molecule has 4 rings (SSSR count). The Balaban J connectivity index is 1.76. The molecule has 31 heavy (non-hydrogen) atoms. The van der Waals surface area contributed by atoms with Crippen molar-refractivity contribution in [3.8, 4) is 22.5 Å². The number of nitrogens with zero attached hydrogens (tertiary/aromatic N) is 5. The molecule has 0 radical (unpaired) electrons. The minimum absolute atomic E-state index is 0.230. The molecule has 0 aliphatic rings. The van der Waals surface area contributed by atoms with E-state index in [0.29, 0.717) is 22.6 Å². The number of aromatic amines is 1. The molecule has 1 N–H and O–H groups in total. The molecule has 1 atom stereocenters. The van der Waals surface area contributed by atoms with Crippen LogP contribution in [0.1, 0.15) is 0 Å². The summed E-state index contributed by atoms with van der Waals surface area (Å²) in [5, 5.41) is 8.76. The van der Waals surface area contributed by atoms with Gasteiger partial charge in [-0.15, -0.1) is 10.2 Å². The van der Waals surface area contributed by atoms with E-state index in [2.05, 4.69) is 31.7 Å². The molecular formula is C22H17F3N6. The molecule has 0 aromatic carbocycles. The maximum Gasteiger partial charge on any atom is 0.212 e. The third-order valence-corrected chi connectivity index (χ3v) is 4.64. The number of fused-ring (bicyclic) bond motifs is 1. The second-order valence-electron chi connectivity index (χ2n) is 6.57. The molecule has 0 fully saturated rings. The first-order valence-electron chi connectivity index (χ1n) is 9.30. The van der Waals surface area contributed by atoms with Crippen LogP contribution in [0.5, 0.6) is 0 Å². The van der Waals surface area contributed by atoms with E-state index < -0.39 is 18.8 Å². The van der Waals surface area contributed by atoms with E-state index in [4.69, 9.17) is 0 Å². The Labute approximate surface area is 175 Å². The van der Waals surface area contributed by atoms with Crippen molar-refractivity contribution >= 4 is 16.7 Å². The minimum atomic E-state index is -1.32. The second kappa shape index (κ2) is 8.78. The molecule has 4 heterocycles. The zero-order chi connectivity index (χ0) is 21.8. The third-order valence-electron chi connectivity index (χ3n) is 4.64. The van der Waals surface area contributed by atoms with Crippen molar-refractivity contribution in [2.24, 2.45) is 0 Å². The molecule has 4 aromatic heterocycles. The number of halogens is 3. The van der Waals surface area contributed by atoms with Crippen LogP contribution in [-0.4, -0.2) is 42.6 Å². The Kier molecular flexibility index (Phi) is 5.74.